The third-order valence-corrected chi connectivity index (χ3v) is 4.97. The third-order valence-electron chi connectivity index (χ3n) is 4.97. The van der Waals surface area contributed by atoms with Crippen LogP contribution in [0, 0.1) is 0 Å². The molecule has 2 rings (SSSR count). The zero-order valence-corrected chi connectivity index (χ0v) is 14.9. The van der Waals surface area contributed by atoms with Crippen molar-refractivity contribution in [1.82, 2.24) is 5.32 Å². The predicted octanol–water partition coefficient (Wildman–Crippen LogP) is 2.77. The van der Waals surface area contributed by atoms with Gasteiger partial charge in [0.2, 0.25) is 0 Å². The molecule has 128 valence electrons. The summed E-state index contributed by atoms with van der Waals surface area (Å²) >= 11 is 0. The van der Waals surface area contributed by atoms with Crippen LogP contribution in [-0.2, 0) is 15.6 Å². The number of carbonyl (C=O) groups excluding carboxylic acids is 1. The summed E-state index contributed by atoms with van der Waals surface area (Å²) in [6.07, 6.45) is 1.59. The van der Waals surface area contributed by atoms with E-state index in [-0.39, 0.29) is 29.9 Å². The molecule has 0 aliphatic heterocycles. The van der Waals surface area contributed by atoms with Crippen molar-refractivity contribution in [2.45, 2.75) is 57.5 Å². The summed E-state index contributed by atoms with van der Waals surface area (Å²) in [6, 6.07) is 6.00. The van der Waals surface area contributed by atoms with Gasteiger partial charge in [-0.25, -0.2) is 0 Å². The largest absolute Gasteiger partial charge is 0.389 e. The Labute approximate surface area is 139 Å². The Kier molecular flexibility index (Phi) is 5.17. The van der Waals surface area contributed by atoms with E-state index in [0.717, 1.165) is 12.8 Å². The standard InChI is InChI=1S/C19H29NO3/c1-18(2)8-9-19(3,4)16-10-13(6-7-15(16)18)17(22)20-11-14(21)12-23-5/h6-7,10,14,21H,8-9,11-12H2,1-5H3,(H,20,22). The summed E-state index contributed by atoms with van der Waals surface area (Å²) in [5, 5.41) is 12.4. The van der Waals surface area contributed by atoms with E-state index >= 15 is 0 Å². The minimum atomic E-state index is -0.683. The van der Waals surface area contributed by atoms with Crippen molar-refractivity contribution in [1.29, 1.82) is 0 Å². The van der Waals surface area contributed by atoms with E-state index in [1.165, 1.54) is 18.2 Å². The van der Waals surface area contributed by atoms with Crippen LogP contribution < -0.4 is 5.32 Å². The summed E-state index contributed by atoms with van der Waals surface area (Å²) in [5.74, 6) is -0.151. The van der Waals surface area contributed by atoms with Crippen molar-refractivity contribution in [3.8, 4) is 0 Å². The van der Waals surface area contributed by atoms with Gasteiger partial charge in [0.1, 0.15) is 0 Å². The number of benzene rings is 1. The molecule has 4 heteroatoms. The van der Waals surface area contributed by atoms with Crippen molar-refractivity contribution in [2.75, 3.05) is 20.3 Å². The molecule has 1 atom stereocenters. The zero-order chi connectivity index (χ0) is 17.3. The van der Waals surface area contributed by atoms with Gasteiger partial charge in [-0.15, -0.1) is 0 Å². The molecule has 1 aliphatic rings. The Morgan fingerprint density at radius 2 is 1.83 bits per heavy atom. The van der Waals surface area contributed by atoms with Crippen molar-refractivity contribution in [3.05, 3.63) is 34.9 Å². The van der Waals surface area contributed by atoms with E-state index in [9.17, 15) is 9.90 Å². The molecule has 0 radical (unpaired) electrons. The topological polar surface area (TPSA) is 58.6 Å². The second kappa shape index (κ2) is 6.62. The molecule has 4 nitrogen and oxygen atoms in total. The van der Waals surface area contributed by atoms with Crippen LogP contribution in [0.15, 0.2) is 18.2 Å². The average Bonchev–Trinajstić information content (AvgIpc) is 2.49. The summed E-state index contributed by atoms with van der Waals surface area (Å²) < 4.78 is 4.86. The highest BCUT2D eigenvalue weighted by Gasteiger charge is 2.37. The molecule has 0 spiro atoms. The number of aliphatic hydroxyl groups excluding tert-OH is 1. The zero-order valence-electron chi connectivity index (χ0n) is 14.9. The quantitative estimate of drug-likeness (QED) is 0.877. The number of hydrogen-bond donors (Lipinski definition) is 2. The Morgan fingerprint density at radius 1 is 1.22 bits per heavy atom. The Balaban J connectivity index is 2.21. The second-order valence-electron chi connectivity index (χ2n) is 7.85. The summed E-state index contributed by atoms with van der Waals surface area (Å²) in [7, 11) is 1.53. The molecule has 1 aromatic rings. The van der Waals surface area contributed by atoms with Crippen molar-refractivity contribution in [2.24, 2.45) is 0 Å². The summed E-state index contributed by atoms with van der Waals surface area (Å²) in [4.78, 5) is 12.3. The second-order valence-corrected chi connectivity index (χ2v) is 7.85. The van der Waals surface area contributed by atoms with Crippen LogP contribution in [0.4, 0.5) is 0 Å². The molecule has 1 aromatic carbocycles. The van der Waals surface area contributed by atoms with Crippen molar-refractivity contribution < 1.29 is 14.6 Å². The lowest BCUT2D eigenvalue weighted by Gasteiger charge is -2.42. The van der Waals surface area contributed by atoms with Crippen LogP contribution in [0.1, 0.15) is 62.0 Å². The minimum absolute atomic E-state index is 0.0801. The Bertz CT molecular complexity index is 578. The van der Waals surface area contributed by atoms with E-state index in [4.69, 9.17) is 4.74 Å². The first-order valence-electron chi connectivity index (χ1n) is 8.27. The first-order valence-corrected chi connectivity index (χ1v) is 8.27. The van der Waals surface area contributed by atoms with Crippen LogP contribution in [0.5, 0.6) is 0 Å². The van der Waals surface area contributed by atoms with E-state index < -0.39 is 6.10 Å². The predicted molar refractivity (Wildman–Crippen MR) is 91.9 cm³/mol. The van der Waals surface area contributed by atoms with Crippen LogP contribution in [0.2, 0.25) is 0 Å². The van der Waals surface area contributed by atoms with Gasteiger partial charge in [-0.3, -0.25) is 4.79 Å². The fourth-order valence-corrected chi connectivity index (χ4v) is 3.29. The molecule has 23 heavy (non-hydrogen) atoms. The Morgan fingerprint density at radius 3 is 2.43 bits per heavy atom. The fourth-order valence-electron chi connectivity index (χ4n) is 3.29. The van der Waals surface area contributed by atoms with E-state index in [1.54, 1.807) is 0 Å². The molecule has 1 aliphatic carbocycles. The number of hydrogen-bond acceptors (Lipinski definition) is 3. The third kappa shape index (κ3) is 3.93. The first kappa shape index (κ1) is 18.0. The maximum atomic E-state index is 12.3. The molecule has 2 N–H and O–H groups in total. The molecular weight excluding hydrogens is 290 g/mol. The van der Waals surface area contributed by atoms with Crippen LogP contribution in [0.25, 0.3) is 0 Å². The maximum Gasteiger partial charge on any atom is 0.251 e. The molecular formula is C19H29NO3. The molecule has 1 amide bonds. The number of fused-ring (bicyclic) bond motifs is 1. The lowest BCUT2D eigenvalue weighted by Crippen LogP contribution is -2.36. The number of aliphatic hydroxyl groups is 1. The number of amides is 1. The number of nitrogens with one attached hydrogen (secondary N) is 1. The number of rotatable bonds is 5. The van der Waals surface area contributed by atoms with Crippen molar-refractivity contribution in [3.63, 3.8) is 0 Å². The molecule has 0 fully saturated rings. The molecule has 0 heterocycles. The van der Waals surface area contributed by atoms with Gasteiger partial charge in [0.05, 0.1) is 12.7 Å². The van der Waals surface area contributed by atoms with Crippen LogP contribution in [-0.4, -0.2) is 37.4 Å². The average molecular weight is 319 g/mol. The van der Waals surface area contributed by atoms with Gasteiger partial charge in [-0.1, -0.05) is 33.8 Å². The lowest BCUT2D eigenvalue weighted by atomic mass is 9.63. The smallest absolute Gasteiger partial charge is 0.251 e. The molecule has 0 saturated heterocycles. The van der Waals surface area contributed by atoms with Crippen molar-refractivity contribution >= 4 is 5.91 Å². The Hall–Kier alpha value is -1.39. The minimum Gasteiger partial charge on any atom is -0.389 e. The summed E-state index contributed by atoms with van der Waals surface area (Å²) in [6.45, 7) is 9.42. The normalized spacial score (nSPS) is 19.7. The highest BCUT2D eigenvalue weighted by atomic mass is 16.5. The van der Waals surface area contributed by atoms with Gasteiger partial charge in [-0.05, 0) is 46.9 Å². The van der Waals surface area contributed by atoms with Gasteiger partial charge in [-0.2, -0.15) is 0 Å². The van der Waals surface area contributed by atoms with E-state index in [0.29, 0.717) is 5.56 Å². The SMILES string of the molecule is COCC(O)CNC(=O)c1ccc2c(c1)C(C)(C)CCC2(C)C. The maximum absolute atomic E-state index is 12.3. The lowest BCUT2D eigenvalue weighted by molar-refractivity contribution is 0.0609. The molecule has 0 bridgehead atoms. The fraction of sp³-hybridized carbons (Fsp3) is 0.632. The highest BCUT2D eigenvalue weighted by Crippen LogP contribution is 2.45. The van der Waals surface area contributed by atoms with Crippen LogP contribution in [0.3, 0.4) is 0 Å². The molecule has 0 saturated carbocycles. The van der Waals surface area contributed by atoms with Gasteiger partial charge < -0.3 is 15.2 Å². The number of carbonyl (C=O) groups is 1. The highest BCUT2D eigenvalue weighted by molar-refractivity contribution is 5.94. The number of ether oxygens (including phenoxy) is 1. The number of methoxy groups -OCH3 is 1. The van der Waals surface area contributed by atoms with Crippen LogP contribution >= 0.6 is 0 Å². The molecule has 0 aromatic heterocycles. The molecule has 1 unspecified atom stereocenters. The van der Waals surface area contributed by atoms with Gasteiger partial charge in [0.15, 0.2) is 0 Å². The van der Waals surface area contributed by atoms with Gasteiger partial charge in [0.25, 0.3) is 5.91 Å². The van der Waals surface area contributed by atoms with Gasteiger partial charge >= 0.3 is 0 Å². The van der Waals surface area contributed by atoms with E-state index in [1.807, 2.05) is 12.1 Å². The van der Waals surface area contributed by atoms with Gasteiger partial charge in [0, 0.05) is 19.2 Å². The summed E-state index contributed by atoms with van der Waals surface area (Å²) in [5.41, 5.74) is 3.48. The monoisotopic (exact) mass is 319 g/mol. The first-order chi connectivity index (χ1) is 10.7. The van der Waals surface area contributed by atoms with E-state index in [2.05, 4.69) is 39.1 Å².